The second-order valence-electron chi connectivity index (χ2n) is 10.3. The standard InChI is InChI=1S/C32H35N5O4/c1-6-41-24-11-13-30(33-18-24)36(5)29-17-22(19-35(4)32(29)40)25-8-7-9-28(27(25)20-38)37-15-14-21-16-23(34(2)3)10-12-26(21)31(37)39/h7-13,16-19,38H,6,14-15,20H2,1-5H3. The molecule has 0 unspecified atom stereocenters. The molecule has 1 N–H and O–H groups in total. The van der Waals surface area contributed by atoms with Gasteiger partial charge in [0, 0.05) is 63.3 Å². The van der Waals surface area contributed by atoms with Gasteiger partial charge in [-0.25, -0.2) is 4.98 Å². The van der Waals surface area contributed by atoms with Crippen LogP contribution in [0.25, 0.3) is 11.1 Å². The van der Waals surface area contributed by atoms with Gasteiger partial charge in [0.25, 0.3) is 11.5 Å². The fourth-order valence-corrected chi connectivity index (χ4v) is 5.28. The molecule has 41 heavy (non-hydrogen) atoms. The lowest BCUT2D eigenvalue weighted by Gasteiger charge is -2.31. The number of aliphatic hydroxyl groups is 1. The molecule has 2 aromatic carbocycles. The number of carbonyl (C=O) groups excluding carboxylic acids is 1. The first-order valence-corrected chi connectivity index (χ1v) is 13.6. The van der Waals surface area contributed by atoms with E-state index in [2.05, 4.69) is 11.1 Å². The predicted octanol–water partition coefficient (Wildman–Crippen LogP) is 4.38. The van der Waals surface area contributed by atoms with Gasteiger partial charge in [0.15, 0.2) is 0 Å². The summed E-state index contributed by atoms with van der Waals surface area (Å²) in [4.78, 5) is 36.8. The third-order valence-electron chi connectivity index (χ3n) is 7.50. The van der Waals surface area contributed by atoms with Crippen LogP contribution in [0.5, 0.6) is 5.75 Å². The Kier molecular flexibility index (Phi) is 7.81. The summed E-state index contributed by atoms with van der Waals surface area (Å²) in [5.74, 6) is 1.16. The van der Waals surface area contributed by atoms with E-state index in [-0.39, 0.29) is 18.1 Å². The van der Waals surface area contributed by atoms with Crippen LogP contribution in [0.15, 0.2) is 71.8 Å². The number of anilines is 4. The highest BCUT2D eigenvalue weighted by atomic mass is 16.5. The number of aliphatic hydroxyl groups excluding tert-OH is 1. The number of carbonyl (C=O) groups is 1. The van der Waals surface area contributed by atoms with Gasteiger partial charge in [0.1, 0.15) is 17.3 Å². The molecule has 0 bridgehead atoms. The first-order chi connectivity index (χ1) is 19.7. The van der Waals surface area contributed by atoms with Crippen LogP contribution in [0.1, 0.15) is 28.4 Å². The molecule has 0 fully saturated rings. The summed E-state index contributed by atoms with van der Waals surface area (Å²) in [6.07, 6.45) is 4.09. The second-order valence-corrected chi connectivity index (χ2v) is 10.3. The van der Waals surface area contributed by atoms with Crippen molar-refractivity contribution >= 4 is 28.8 Å². The van der Waals surface area contributed by atoms with Crippen LogP contribution in [0.2, 0.25) is 0 Å². The van der Waals surface area contributed by atoms with E-state index in [9.17, 15) is 14.7 Å². The average molecular weight is 554 g/mol. The van der Waals surface area contributed by atoms with Crippen LogP contribution in [0.4, 0.5) is 22.9 Å². The quantitative estimate of drug-likeness (QED) is 0.346. The molecule has 0 saturated heterocycles. The molecule has 4 aromatic rings. The highest BCUT2D eigenvalue weighted by Crippen LogP contribution is 2.36. The summed E-state index contributed by atoms with van der Waals surface area (Å²) in [6.45, 7) is 2.68. The van der Waals surface area contributed by atoms with Crippen molar-refractivity contribution in [3.05, 3.63) is 94.0 Å². The van der Waals surface area contributed by atoms with E-state index >= 15 is 0 Å². The Morgan fingerprint density at radius 3 is 2.51 bits per heavy atom. The van der Waals surface area contributed by atoms with Crippen LogP contribution in [-0.4, -0.2) is 54.9 Å². The monoisotopic (exact) mass is 553 g/mol. The van der Waals surface area contributed by atoms with Crippen molar-refractivity contribution < 1.29 is 14.6 Å². The molecule has 0 aliphatic carbocycles. The molecule has 0 radical (unpaired) electrons. The van der Waals surface area contributed by atoms with E-state index in [1.54, 1.807) is 48.4 Å². The number of benzene rings is 2. The van der Waals surface area contributed by atoms with Crippen molar-refractivity contribution in [2.75, 3.05) is 49.0 Å². The number of ether oxygens (including phenoxy) is 1. The molecule has 3 heterocycles. The van der Waals surface area contributed by atoms with Crippen LogP contribution >= 0.6 is 0 Å². The summed E-state index contributed by atoms with van der Waals surface area (Å²) in [5.41, 5.74) is 5.76. The Morgan fingerprint density at radius 1 is 1.02 bits per heavy atom. The van der Waals surface area contributed by atoms with E-state index in [0.717, 1.165) is 22.4 Å². The molecule has 1 aliphatic heterocycles. The van der Waals surface area contributed by atoms with E-state index in [1.807, 2.05) is 62.3 Å². The number of aryl methyl sites for hydroxylation is 1. The number of hydrogen-bond donors (Lipinski definition) is 1. The Bertz CT molecular complexity index is 1650. The van der Waals surface area contributed by atoms with Crippen LogP contribution < -0.4 is 25.0 Å². The maximum atomic E-state index is 13.6. The number of rotatable bonds is 8. The van der Waals surface area contributed by atoms with Crippen molar-refractivity contribution in [3.63, 3.8) is 0 Å². The molecule has 2 aromatic heterocycles. The summed E-state index contributed by atoms with van der Waals surface area (Å²) in [7, 11) is 7.45. The smallest absolute Gasteiger partial charge is 0.274 e. The molecule has 0 spiro atoms. The summed E-state index contributed by atoms with van der Waals surface area (Å²) >= 11 is 0. The first kappa shape index (κ1) is 27.9. The maximum absolute atomic E-state index is 13.6. The van der Waals surface area contributed by atoms with Gasteiger partial charge in [-0.1, -0.05) is 12.1 Å². The van der Waals surface area contributed by atoms with Gasteiger partial charge in [-0.2, -0.15) is 0 Å². The fraction of sp³-hybridized carbons (Fsp3) is 0.281. The van der Waals surface area contributed by atoms with Crippen molar-refractivity contribution in [2.45, 2.75) is 20.0 Å². The number of aromatic nitrogens is 2. The number of nitrogens with zero attached hydrogens (tertiary/aromatic N) is 5. The molecule has 0 saturated carbocycles. The Labute approximate surface area is 239 Å². The Balaban J connectivity index is 1.53. The van der Waals surface area contributed by atoms with Crippen LogP contribution in [0, 0.1) is 0 Å². The number of pyridine rings is 2. The van der Waals surface area contributed by atoms with Crippen molar-refractivity contribution in [1.82, 2.24) is 9.55 Å². The van der Waals surface area contributed by atoms with Gasteiger partial charge in [0.05, 0.1) is 25.1 Å². The minimum absolute atomic E-state index is 0.0918. The van der Waals surface area contributed by atoms with Gasteiger partial charge in [-0.05, 0) is 66.9 Å². The van der Waals surface area contributed by atoms with Crippen LogP contribution in [-0.2, 0) is 20.1 Å². The molecule has 9 heteroatoms. The molecule has 1 amide bonds. The summed E-state index contributed by atoms with van der Waals surface area (Å²) in [5, 5.41) is 10.6. The van der Waals surface area contributed by atoms with E-state index in [1.165, 1.54) is 4.57 Å². The number of hydrogen-bond acceptors (Lipinski definition) is 7. The fourth-order valence-electron chi connectivity index (χ4n) is 5.28. The zero-order valence-corrected chi connectivity index (χ0v) is 24.1. The van der Waals surface area contributed by atoms with Crippen LogP contribution in [0.3, 0.4) is 0 Å². The lowest BCUT2D eigenvalue weighted by Crippen LogP contribution is -2.38. The molecule has 9 nitrogen and oxygen atoms in total. The van der Waals surface area contributed by atoms with E-state index in [0.29, 0.717) is 53.6 Å². The minimum atomic E-state index is -0.268. The molecule has 1 aliphatic rings. The predicted molar refractivity (Wildman–Crippen MR) is 163 cm³/mol. The molecular weight excluding hydrogens is 518 g/mol. The molecular formula is C32H35N5O4. The largest absolute Gasteiger partial charge is 0.492 e. The lowest BCUT2D eigenvalue weighted by molar-refractivity contribution is 0.0980. The third kappa shape index (κ3) is 5.28. The van der Waals surface area contributed by atoms with E-state index < -0.39 is 0 Å². The first-order valence-electron chi connectivity index (χ1n) is 13.6. The maximum Gasteiger partial charge on any atom is 0.274 e. The van der Waals surface area contributed by atoms with Gasteiger partial charge in [0.2, 0.25) is 0 Å². The van der Waals surface area contributed by atoms with Gasteiger partial charge in [-0.15, -0.1) is 0 Å². The molecule has 212 valence electrons. The molecule has 5 rings (SSSR count). The van der Waals surface area contributed by atoms with Gasteiger partial charge < -0.3 is 29.1 Å². The summed E-state index contributed by atoms with van der Waals surface area (Å²) in [6, 6.07) is 17.0. The summed E-state index contributed by atoms with van der Waals surface area (Å²) < 4.78 is 7.02. The Hall–Kier alpha value is -4.63. The lowest BCUT2D eigenvalue weighted by atomic mass is 9.94. The average Bonchev–Trinajstić information content (AvgIpc) is 2.98. The highest BCUT2D eigenvalue weighted by molar-refractivity contribution is 6.09. The zero-order chi connectivity index (χ0) is 29.3. The van der Waals surface area contributed by atoms with Crippen molar-refractivity contribution in [1.29, 1.82) is 0 Å². The Morgan fingerprint density at radius 2 is 1.83 bits per heavy atom. The topological polar surface area (TPSA) is 91.1 Å². The zero-order valence-electron chi connectivity index (χ0n) is 24.1. The minimum Gasteiger partial charge on any atom is -0.492 e. The SMILES string of the molecule is CCOc1ccc(N(C)c2cc(-c3cccc(N4CCc5cc(N(C)C)ccc5C4=O)c3CO)cn(C)c2=O)nc1. The van der Waals surface area contributed by atoms with Crippen molar-refractivity contribution in [3.8, 4) is 16.9 Å². The number of fused-ring (bicyclic) bond motifs is 1. The second kappa shape index (κ2) is 11.5. The highest BCUT2D eigenvalue weighted by Gasteiger charge is 2.28. The van der Waals surface area contributed by atoms with Gasteiger partial charge >= 0.3 is 0 Å². The normalized spacial score (nSPS) is 12.7. The molecule has 0 atom stereocenters. The van der Waals surface area contributed by atoms with Crippen molar-refractivity contribution in [2.24, 2.45) is 7.05 Å². The van der Waals surface area contributed by atoms with E-state index in [4.69, 9.17) is 4.74 Å². The third-order valence-corrected chi connectivity index (χ3v) is 7.50. The number of amides is 1. The van der Waals surface area contributed by atoms with Gasteiger partial charge in [-0.3, -0.25) is 9.59 Å².